The fourth-order valence-electron chi connectivity index (χ4n) is 2.90. The standard InChI is InChI=1S/C18H20N2O3/c1-3-19(4-2)18(21)20(22)17-13-9-5-7-11-15(13)23-16-12-8-6-10-14(16)17/h5-12,17,22H,3-4H2,1-2H3. The molecule has 1 aliphatic rings. The minimum absolute atomic E-state index is 0.411. The van der Waals surface area contributed by atoms with E-state index in [2.05, 4.69) is 0 Å². The fourth-order valence-corrected chi connectivity index (χ4v) is 2.90. The quantitative estimate of drug-likeness (QED) is 0.687. The molecular weight excluding hydrogens is 292 g/mol. The second-order valence-electron chi connectivity index (χ2n) is 5.38. The summed E-state index contributed by atoms with van der Waals surface area (Å²) in [7, 11) is 0. The first-order valence-electron chi connectivity index (χ1n) is 7.80. The number of benzene rings is 2. The molecule has 2 aromatic rings. The number of hydrogen-bond donors (Lipinski definition) is 1. The maximum absolute atomic E-state index is 12.6. The number of hydroxylamine groups is 2. The normalized spacial score (nSPS) is 12.8. The summed E-state index contributed by atoms with van der Waals surface area (Å²) in [6.45, 7) is 4.86. The number of hydrogen-bond acceptors (Lipinski definition) is 3. The van der Waals surface area contributed by atoms with Crippen LogP contribution in [0.15, 0.2) is 48.5 Å². The number of urea groups is 1. The average Bonchev–Trinajstić information content (AvgIpc) is 2.60. The predicted octanol–water partition coefficient (Wildman–Crippen LogP) is 4.03. The van der Waals surface area contributed by atoms with Crippen molar-refractivity contribution in [3.05, 3.63) is 59.7 Å². The largest absolute Gasteiger partial charge is 0.457 e. The Hall–Kier alpha value is -2.53. The molecule has 0 aliphatic carbocycles. The Kier molecular flexibility index (Phi) is 4.21. The first kappa shape index (κ1) is 15.4. The lowest BCUT2D eigenvalue weighted by atomic mass is 9.94. The van der Waals surface area contributed by atoms with Gasteiger partial charge in [0, 0.05) is 24.2 Å². The Balaban J connectivity index is 2.06. The molecule has 1 heterocycles. The first-order chi connectivity index (χ1) is 11.2. The summed E-state index contributed by atoms with van der Waals surface area (Å²) in [5.74, 6) is 1.31. The summed E-state index contributed by atoms with van der Waals surface area (Å²) < 4.78 is 5.89. The highest BCUT2D eigenvalue weighted by Crippen LogP contribution is 2.45. The molecule has 0 saturated carbocycles. The van der Waals surface area contributed by atoms with Crippen molar-refractivity contribution in [2.75, 3.05) is 13.1 Å². The Morgan fingerprint density at radius 2 is 1.48 bits per heavy atom. The number of para-hydroxylation sites is 2. The molecule has 5 heteroatoms. The SMILES string of the molecule is CCN(CC)C(=O)N(O)C1c2ccccc2Oc2ccccc21. The van der Waals surface area contributed by atoms with Crippen LogP contribution >= 0.6 is 0 Å². The lowest BCUT2D eigenvalue weighted by Gasteiger charge is -2.35. The second-order valence-corrected chi connectivity index (χ2v) is 5.38. The molecule has 120 valence electrons. The summed E-state index contributed by atoms with van der Waals surface area (Å²) >= 11 is 0. The van der Waals surface area contributed by atoms with E-state index in [1.807, 2.05) is 62.4 Å². The van der Waals surface area contributed by atoms with Gasteiger partial charge in [-0.05, 0) is 26.0 Å². The highest BCUT2D eigenvalue weighted by molar-refractivity contribution is 5.75. The van der Waals surface area contributed by atoms with Crippen LogP contribution in [0.2, 0.25) is 0 Å². The fraction of sp³-hybridized carbons (Fsp3) is 0.278. The zero-order valence-corrected chi connectivity index (χ0v) is 13.3. The predicted molar refractivity (Wildman–Crippen MR) is 86.7 cm³/mol. The molecule has 1 N–H and O–H groups in total. The van der Waals surface area contributed by atoms with E-state index in [4.69, 9.17) is 4.74 Å². The molecule has 2 aromatic carbocycles. The van der Waals surface area contributed by atoms with Gasteiger partial charge in [0.2, 0.25) is 0 Å². The van der Waals surface area contributed by atoms with Crippen molar-refractivity contribution in [1.82, 2.24) is 9.96 Å². The molecule has 23 heavy (non-hydrogen) atoms. The molecule has 0 bridgehead atoms. The van der Waals surface area contributed by atoms with E-state index in [1.54, 1.807) is 4.90 Å². The van der Waals surface area contributed by atoms with Crippen LogP contribution in [0.3, 0.4) is 0 Å². The van der Waals surface area contributed by atoms with Gasteiger partial charge in [-0.15, -0.1) is 0 Å². The number of carbonyl (C=O) groups excluding carboxylic acids is 1. The van der Waals surface area contributed by atoms with E-state index in [-0.39, 0.29) is 0 Å². The molecule has 0 atom stereocenters. The van der Waals surface area contributed by atoms with Crippen molar-refractivity contribution in [3.63, 3.8) is 0 Å². The van der Waals surface area contributed by atoms with Gasteiger partial charge >= 0.3 is 6.03 Å². The molecule has 0 unspecified atom stereocenters. The van der Waals surface area contributed by atoms with Gasteiger partial charge in [-0.3, -0.25) is 5.21 Å². The molecule has 2 amide bonds. The van der Waals surface area contributed by atoms with Gasteiger partial charge in [0.1, 0.15) is 17.5 Å². The van der Waals surface area contributed by atoms with Crippen LogP contribution in [-0.4, -0.2) is 34.3 Å². The van der Waals surface area contributed by atoms with Gasteiger partial charge in [-0.2, -0.15) is 5.06 Å². The summed E-state index contributed by atoms with van der Waals surface area (Å²) in [5.41, 5.74) is 1.54. The maximum Gasteiger partial charge on any atom is 0.344 e. The molecule has 0 fully saturated rings. The number of carbonyl (C=O) groups is 1. The van der Waals surface area contributed by atoms with Crippen LogP contribution in [-0.2, 0) is 0 Å². The van der Waals surface area contributed by atoms with E-state index in [0.717, 1.165) is 16.2 Å². The van der Waals surface area contributed by atoms with E-state index in [0.29, 0.717) is 24.6 Å². The summed E-state index contributed by atoms with van der Waals surface area (Å²) in [6, 6.07) is 13.9. The number of ether oxygens (including phenoxy) is 1. The van der Waals surface area contributed by atoms with Crippen molar-refractivity contribution in [2.45, 2.75) is 19.9 Å². The molecule has 3 rings (SSSR count). The van der Waals surface area contributed by atoms with Crippen LogP contribution in [0.1, 0.15) is 31.0 Å². The van der Waals surface area contributed by atoms with Crippen LogP contribution < -0.4 is 4.74 Å². The monoisotopic (exact) mass is 312 g/mol. The Labute approximate surface area is 135 Å². The second kappa shape index (κ2) is 6.30. The highest BCUT2D eigenvalue weighted by atomic mass is 16.5. The summed E-state index contributed by atoms with van der Waals surface area (Å²) in [5, 5.41) is 11.5. The number of nitrogens with zero attached hydrogens (tertiary/aromatic N) is 2. The Morgan fingerprint density at radius 1 is 1.00 bits per heavy atom. The van der Waals surface area contributed by atoms with Gasteiger partial charge in [0.05, 0.1) is 0 Å². The zero-order valence-electron chi connectivity index (χ0n) is 13.3. The third kappa shape index (κ3) is 2.64. The van der Waals surface area contributed by atoms with Gasteiger partial charge in [0.25, 0.3) is 0 Å². The highest BCUT2D eigenvalue weighted by Gasteiger charge is 2.35. The molecule has 1 aliphatic heterocycles. The lowest BCUT2D eigenvalue weighted by molar-refractivity contribution is -0.0814. The van der Waals surface area contributed by atoms with E-state index < -0.39 is 12.1 Å². The average molecular weight is 312 g/mol. The topological polar surface area (TPSA) is 53.0 Å². The van der Waals surface area contributed by atoms with Gasteiger partial charge in [0.15, 0.2) is 0 Å². The van der Waals surface area contributed by atoms with Gasteiger partial charge in [-0.1, -0.05) is 36.4 Å². The van der Waals surface area contributed by atoms with E-state index in [9.17, 15) is 10.0 Å². The third-order valence-electron chi connectivity index (χ3n) is 4.12. The smallest absolute Gasteiger partial charge is 0.344 e. The third-order valence-corrected chi connectivity index (χ3v) is 4.12. The van der Waals surface area contributed by atoms with Crippen molar-refractivity contribution in [2.24, 2.45) is 0 Å². The zero-order chi connectivity index (χ0) is 16.4. The molecular formula is C18H20N2O3. The molecule has 0 saturated heterocycles. The first-order valence-corrected chi connectivity index (χ1v) is 7.80. The molecule has 0 radical (unpaired) electrons. The number of fused-ring (bicyclic) bond motifs is 2. The van der Waals surface area contributed by atoms with Crippen molar-refractivity contribution >= 4 is 6.03 Å². The lowest BCUT2D eigenvalue weighted by Crippen LogP contribution is -2.43. The Bertz CT molecular complexity index is 667. The number of amides is 2. The molecule has 0 spiro atoms. The minimum Gasteiger partial charge on any atom is -0.457 e. The summed E-state index contributed by atoms with van der Waals surface area (Å²) in [4.78, 5) is 14.2. The van der Waals surface area contributed by atoms with Crippen LogP contribution in [0, 0.1) is 0 Å². The molecule has 5 nitrogen and oxygen atoms in total. The number of rotatable bonds is 3. The van der Waals surface area contributed by atoms with Crippen molar-refractivity contribution in [1.29, 1.82) is 0 Å². The molecule has 0 aromatic heterocycles. The van der Waals surface area contributed by atoms with Gasteiger partial charge in [-0.25, -0.2) is 4.79 Å². The van der Waals surface area contributed by atoms with E-state index in [1.165, 1.54) is 0 Å². The van der Waals surface area contributed by atoms with E-state index >= 15 is 0 Å². The van der Waals surface area contributed by atoms with Gasteiger partial charge < -0.3 is 9.64 Å². The van der Waals surface area contributed by atoms with Crippen LogP contribution in [0.4, 0.5) is 4.79 Å². The summed E-state index contributed by atoms with van der Waals surface area (Å²) in [6.07, 6.45) is 0. The maximum atomic E-state index is 12.6. The minimum atomic E-state index is -0.579. The van der Waals surface area contributed by atoms with Crippen LogP contribution in [0.25, 0.3) is 0 Å². The van der Waals surface area contributed by atoms with Crippen molar-refractivity contribution < 1.29 is 14.7 Å². The van der Waals surface area contributed by atoms with Crippen LogP contribution in [0.5, 0.6) is 11.5 Å². The van der Waals surface area contributed by atoms with Crippen molar-refractivity contribution in [3.8, 4) is 11.5 Å². The Morgan fingerprint density at radius 3 is 1.96 bits per heavy atom.